The van der Waals surface area contributed by atoms with E-state index in [0.29, 0.717) is 25.8 Å². The van der Waals surface area contributed by atoms with Gasteiger partial charge in [0.05, 0.1) is 19.6 Å². The topological polar surface area (TPSA) is 164 Å². The van der Waals surface area contributed by atoms with Crippen LogP contribution in [-0.2, 0) is 28.8 Å². The van der Waals surface area contributed by atoms with Gasteiger partial charge in [0.2, 0.25) is 23.6 Å². The van der Waals surface area contributed by atoms with Crippen molar-refractivity contribution in [3.8, 4) is 0 Å². The molecule has 0 bridgehead atoms. The third kappa shape index (κ3) is 13.0. The van der Waals surface area contributed by atoms with Gasteiger partial charge in [-0.2, -0.15) is 0 Å². The molecule has 0 radical (unpaired) electrons. The number of amides is 4. The second-order valence-electron chi connectivity index (χ2n) is 8.05. The van der Waals surface area contributed by atoms with Gasteiger partial charge in [0.15, 0.2) is 11.6 Å². The molecule has 0 aliphatic carbocycles. The Balaban J connectivity index is 4.67. The molecule has 11 heteroatoms. The number of rotatable bonds is 19. The van der Waals surface area contributed by atoms with Gasteiger partial charge in [0.1, 0.15) is 0 Å². The fourth-order valence-electron chi connectivity index (χ4n) is 3.41. The van der Waals surface area contributed by atoms with Crippen LogP contribution in [0.4, 0.5) is 0 Å². The van der Waals surface area contributed by atoms with Crippen LogP contribution < -0.4 is 11.5 Å². The molecule has 4 N–H and O–H groups in total. The second kappa shape index (κ2) is 17.6. The first-order valence-corrected chi connectivity index (χ1v) is 11.9. The lowest BCUT2D eigenvalue weighted by Gasteiger charge is -2.23. The number of Topliss-reactive ketones (excluding diaryl/α,β-unsaturated/α-hetero) is 2. The smallest absolute Gasteiger partial charge is 0.237 e. The number of nitrogens with zero attached hydrogens (tertiary/aromatic N) is 3. The summed E-state index contributed by atoms with van der Waals surface area (Å²) >= 11 is 0. The van der Waals surface area contributed by atoms with Crippen molar-refractivity contribution in [1.82, 2.24) is 14.7 Å². The Morgan fingerprint density at radius 1 is 0.588 bits per heavy atom. The quantitative estimate of drug-likeness (QED) is 0.258. The zero-order valence-electron chi connectivity index (χ0n) is 20.8. The molecule has 4 amide bonds. The second-order valence-corrected chi connectivity index (χ2v) is 8.05. The monoisotopic (exact) mass is 483 g/mol. The van der Waals surface area contributed by atoms with Gasteiger partial charge < -0.3 is 26.2 Å². The van der Waals surface area contributed by atoms with Crippen LogP contribution in [0.2, 0.25) is 0 Å². The van der Waals surface area contributed by atoms with Crippen LogP contribution in [-0.4, -0.2) is 95.7 Å². The number of primary amides is 1. The molecule has 34 heavy (non-hydrogen) atoms. The minimum Gasteiger partial charge on any atom is -0.368 e. The van der Waals surface area contributed by atoms with Crippen LogP contribution in [0.25, 0.3) is 0 Å². The van der Waals surface area contributed by atoms with Gasteiger partial charge in [-0.25, -0.2) is 0 Å². The van der Waals surface area contributed by atoms with E-state index in [1.807, 2.05) is 0 Å². The molecule has 194 valence electrons. The molecule has 0 aromatic heterocycles. The fourth-order valence-corrected chi connectivity index (χ4v) is 3.41. The number of carbonyl (C=O) groups is 6. The van der Waals surface area contributed by atoms with E-state index in [4.69, 9.17) is 11.5 Å². The average Bonchev–Trinajstić information content (AvgIpc) is 2.80. The lowest BCUT2D eigenvalue weighted by atomic mass is 10.1. The third-order valence-corrected chi connectivity index (χ3v) is 5.21. The molecular weight excluding hydrogens is 442 g/mol. The van der Waals surface area contributed by atoms with E-state index in [0.717, 1.165) is 0 Å². The van der Waals surface area contributed by atoms with Gasteiger partial charge in [-0.1, -0.05) is 20.8 Å². The summed E-state index contributed by atoms with van der Waals surface area (Å²) < 4.78 is 0. The lowest BCUT2D eigenvalue weighted by Crippen LogP contribution is -2.40. The number of hydrogen-bond acceptors (Lipinski definition) is 7. The van der Waals surface area contributed by atoms with Crippen molar-refractivity contribution in [2.45, 2.75) is 65.7 Å². The summed E-state index contributed by atoms with van der Waals surface area (Å²) in [6, 6.07) is 0. The molecule has 0 rings (SSSR count). The molecular formula is C23H41N5O6. The van der Waals surface area contributed by atoms with Crippen molar-refractivity contribution in [2.24, 2.45) is 11.5 Å². The molecule has 0 unspecified atom stereocenters. The first-order chi connectivity index (χ1) is 16.1. The SMILES string of the molecule is CCC(=O)N(CCCC(=O)CN(CCCC(=O)CN(CCN)C(=O)CC)C(=O)CC)CC(N)=O. The maximum absolute atomic E-state index is 12.4. The van der Waals surface area contributed by atoms with E-state index < -0.39 is 5.91 Å². The van der Waals surface area contributed by atoms with E-state index >= 15 is 0 Å². The molecule has 11 nitrogen and oxygen atoms in total. The lowest BCUT2D eigenvalue weighted by molar-refractivity contribution is -0.136. The largest absolute Gasteiger partial charge is 0.368 e. The highest BCUT2D eigenvalue weighted by Crippen LogP contribution is 2.05. The number of nitrogens with two attached hydrogens (primary N) is 2. The standard InChI is InChI=1S/C23H41N5O6/c1-4-21(32)26(12-7-9-19(30)16-28(14-11-24)23(34)6-3)15-18(29)10-8-13-27(17-20(25)31)22(33)5-2/h4-17,24H2,1-3H3,(H2,25,31). The number of hydrogen-bond donors (Lipinski definition) is 2. The van der Waals surface area contributed by atoms with Crippen LogP contribution in [0, 0.1) is 0 Å². The van der Waals surface area contributed by atoms with Crippen molar-refractivity contribution in [3.63, 3.8) is 0 Å². The van der Waals surface area contributed by atoms with Crippen LogP contribution in [0.5, 0.6) is 0 Å². The fraction of sp³-hybridized carbons (Fsp3) is 0.739. The van der Waals surface area contributed by atoms with Gasteiger partial charge in [0, 0.05) is 58.3 Å². The summed E-state index contributed by atoms with van der Waals surface area (Å²) in [6.07, 6.45) is 1.82. The van der Waals surface area contributed by atoms with Gasteiger partial charge in [-0.15, -0.1) is 0 Å². The Bertz CT molecular complexity index is 712. The first kappa shape index (κ1) is 31.2. The Labute approximate surface area is 202 Å². The van der Waals surface area contributed by atoms with E-state index in [1.54, 1.807) is 20.8 Å². The average molecular weight is 484 g/mol. The Kier molecular flexibility index (Phi) is 16.2. The minimum atomic E-state index is -0.618. The van der Waals surface area contributed by atoms with E-state index in [-0.39, 0.29) is 94.2 Å². The number of carbonyl (C=O) groups excluding carboxylic acids is 6. The van der Waals surface area contributed by atoms with Gasteiger partial charge in [-0.3, -0.25) is 28.8 Å². The Morgan fingerprint density at radius 2 is 0.941 bits per heavy atom. The summed E-state index contributed by atoms with van der Waals surface area (Å²) in [5, 5.41) is 0. The maximum atomic E-state index is 12.4. The molecule has 0 heterocycles. The summed E-state index contributed by atoms with van der Waals surface area (Å²) in [7, 11) is 0. The van der Waals surface area contributed by atoms with Gasteiger partial charge in [0.25, 0.3) is 0 Å². The van der Waals surface area contributed by atoms with Crippen LogP contribution in [0.1, 0.15) is 65.7 Å². The molecule has 0 aliphatic heterocycles. The maximum Gasteiger partial charge on any atom is 0.237 e. The molecule has 0 saturated heterocycles. The van der Waals surface area contributed by atoms with Crippen molar-refractivity contribution in [1.29, 1.82) is 0 Å². The van der Waals surface area contributed by atoms with Crippen molar-refractivity contribution in [2.75, 3.05) is 45.8 Å². The summed E-state index contributed by atoms with van der Waals surface area (Å²) in [6.45, 7) is 5.89. The Hall–Kier alpha value is -2.82. The van der Waals surface area contributed by atoms with E-state index in [9.17, 15) is 28.8 Å². The number of ketones is 2. The van der Waals surface area contributed by atoms with Crippen molar-refractivity contribution >= 4 is 35.2 Å². The van der Waals surface area contributed by atoms with Crippen molar-refractivity contribution < 1.29 is 28.8 Å². The zero-order chi connectivity index (χ0) is 26.1. The van der Waals surface area contributed by atoms with Crippen LogP contribution in [0.15, 0.2) is 0 Å². The Morgan fingerprint density at radius 3 is 1.26 bits per heavy atom. The van der Waals surface area contributed by atoms with E-state index in [1.165, 1.54) is 14.7 Å². The highest BCUT2D eigenvalue weighted by molar-refractivity contribution is 5.87. The first-order valence-electron chi connectivity index (χ1n) is 11.9. The molecule has 0 spiro atoms. The molecule has 0 aromatic carbocycles. The van der Waals surface area contributed by atoms with E-state index in [2.05, 4.69) is 0 Å². The van der Waals surface area contributed by atoms with Gasteiger partial charge >= 0.3 is 0 Å². The third-order valence-electron chi connectivity index (χ3n) is 5.21. The summed E-state index contributed by atoms with van der Waals surface area (Å²) in [5.74, 6) is -1.46. The van der Waals surface area contributed by atoms with Crippen molar-refractivity contribution in [3.05, 3.63) is 0 Å². The van der Waals surface area contributed by atoms with Crippen LogP contribution >= 0.6 is 0 Å². The predicted molar refractivity (Wildman–Crippen MR) is 127 cm³/mol. The minimum absolute atomic E-state index is 0.0111. The van der Waals surface area contributed by atoms with Crippen LogP contribution in [0.3, 0.4) is 0 Å². The highest BCUT2D eigenvalue weighted by atomic mass is 16.2. The van der Waals surface area contributed by atoms with Gasteiger partial charge in [-0.05, 0) is 12.8 Å². The molecule has 0 saturated carbocycles. The predicted octanol–water partition coefficient (Wildman–Crippen LogP) is -0.155. The normalized spacial score (nSPS) is 10.5. The highest BCUT2D eigenvalue weighted by Gasteiger charge is 2.19. The summed E-state index contributed by atoms with van der Waals surface area (Å²) in [5.41, 5.74) is 10.7. The zero-order valence-corrected chi connectivity index (χ0v) is 20.8. The molecule has 0 fully saturated rings. The molecule has 0 atom stereocenters. The molecule has 0 aromatic rings. The summed E-state index contributed by atoms with van der Waals surface area (Å²) in [4.78, 5) is 76.1. The molecule has 0 aliphatic rings.